The summed E-state index contributed by atoms with van der Waals surface area (Å²) in [4.78, 5) is 5.58. The summed E-state index contributed by atoms with van der Waals surface area (Å²) in [5.74, 6) is 0.696. The van der Waals surface area contributed by atoms with E-state index >= 15 is 0 Å². The molecule has 2 atom stereocenters. The van der Waals surface area contributed by atoms with Gasteiger partial charge in [0.1, 0.15) is 17.6 Å². The van der Waals surface area contributed by atoms with Gasteiger partial charge >= 0.3 is 0 Å². The van der Waals surface area contributed by atoms with Gasteiger partial charge in [-0.2, -0.15) is 5.06 Å². The predicted octanol–water partition coefficient (Wildman–Crippen LogP) is 3.27. The molecule has 0 unspecified atom stereocenters. The average Bonchev–Trinajstić information content (AvgIpc) is 3.02. The van der Waals surface area contributed by atoms with E-state index in [0.717, 1.165) is 11.1 Å². The number of benzene rings is 2. The van der Waals surface area contributed by atoms with Crippen molar-refractivity contribution in [3.63, 3.8) is 0 Å². The predicted molar refractivity (Wildman–Crippen MR) is 109 cm³/mol. The number of nitrogens with one attached hydrogen (secondary N) is 1. The smallest absolute Gasteiger partial charge is 0.219 e. The molecule has 1 saturated heterocycles. The van der Waals surface area contributed by atoms with Gasteiger partial charge in [0.25, 0.3) is 0 Å². The Kier molecular flexibility index (Phi) is 6.09. The minimum absolute atomic E-state index is 0.113. The molecule has 0 bridgehead atoms. The highest BCUT2D eigenvalue weighted by molar-refractivity contribution is 7.90. The molecule has 0 aliphatic carbocycles. The fourth-order valence-electron chi connectivity index (χ4n) is 3.31. The fourth-order valence-corrected chi connectivity index (χ4v) is 5.23. The Balaban J connectivity index is 1.80. The van der Waals surface area contributed by atoms with Crippen molar-refractivity contribution in [2.75, 3.05) is 13.7 Å². The van der Waals surface area contributed by atoms with Crippen LogP contribution in [0.15, 0.2) is 54.6 Å². The van der Waals surface area contributed by atoms with Gasteiger partial charge in [0.2, 0.25) is 10.0 Å². The van der Waals surface area contributed by atoms with Crippen molar-refractivity contribution in [2.24, 2.45) is 0 Å². The molecule has 1 heterocycles. The number of hydrogen-bond donors (Lipinski definition) is 1. The van der Waals surface area contributed by atoms with Gasteiger partial charge in [-0.05, 0) is 44.0 Å². The van der Waals surface area contributed by atoms with E-state index in [4.69, 9.17) is 9.57 Å². The molecule has 1 N–H and O–H groups in total. The first kappa shape index (κ1) is 20.8. The number of sulfonamides is 1. The molecule has 7 heteroatoms. The highest BCUT2D eigenvalue weighted by atomic mass is 32.2. The second-order valence-electron chi connectivity index (χ2n) is 8.07. The Morgan fingerprint density at radius 3 is 2.54 bits per heavy atom. The van der Waals surface area contributed by atoms with Gasteiger partial charge in [-0.15, -0.1) is 0 Å². The molecule has 1 aliphatic heterocycles. The zero-order chi connectivity index (χ0) is 20.4. The first-order valence-electron chi connectivity index (χ1n) is 9.31. The lowest BCUT2D eigenvalue weighted by molar-refractivity contribution is -0.110. The monoisotopic (exact) mass is 404 g/mol. The largest absolute Gasteiger partial charge is 0.489 e. The summed E-state index contributed by atoms with van der Waals surface area (Å²) in [5, 5.41) is 0.907. The van der Waals surface area contributed by atoms with Crippen LogP contribution in [0.2, 0.25) is 0 Å². The van der Waals surface area contributed by atoms with Crippen LogP contribution in [0.1, 0.15) is 37.9 Å². The Morgan fingerprint density at radius 2 is 1.86 bits per heavy atom. The van der Waals surface area contributed by atoms with Crippen LogP contribution < -0.4 is 9.46 Å². The van der Waals surface area contributed by atoms with Crippen molar-refractivity contribution in [1.29, 1.82) is 0 Å². The summed E-state index contributed by atoms with van der Waals surface area (Å²) < 4.78 is 34.5. The van der Waals surface area contributed by atoms with Crippen LogP contribution in [0.25, 0.3) is 0 Å². The number of rotatable bonds is 6. The van der Waals surface area contributed by atoms with E-state index < -0.39 is 26.9 Å². The first-order valence-corrected chi connectivity index (χ1v) is 10.9. The fraction of sp³-hybridized carbons (Fsp3) is 0.429. The number of hydroxylamine groups is 2. The van der Waals surface area contributed by atoms with E-state index in [1.165, 1.54) is 0 Å². The van der Waals surface area contributed by atoms with E-state index in [1.807, 2.05) is 75.4 Å². The quantitative estimate of drug-likeness (QED) is 0.800. The van der Waals surface area contributed by atoms with Crippen LogP contribution in [-0.4, -0.2) is 37.9 Å². The van der Waals surface area contributed by atoms with Gasteiger partial charge in [0.05, 0.1) is 12.6 Å². The van der Waals surface area contributed by atoms with Gasteiger partial charge in [-0.3, -0.25) is 4.84 Å². The van der Waals surface area contributed by atoms with Crippen molar-refractivity contribution in [3.05, 3.63) is 65.7 Å². The molecule has 152 valence electrons. The molecule has 3 rings (SSSR count). The third kappa shape index (κ3) is 5.11. The molecule has 2 aromatic carbocycles. The van der Waals surface area contributed by atoms with E-state index in [2.05, 4.69) is 4.72 Å². The minimum Gasteiger partial charge on any atom is -0.489 e. The summed E-state index contributed by atoms with van der Waals surface area (Å²) in [6, 6.07) is 17.0. The lowest BCUT2D eigenvalue weighted by atomic mass is 10.0. The average molecular weight is 405 g/mol. The summed E-state index contributed by atoms with van der Waals surface area (Å²) in [5.41, 5.74) is 1.37. The summed E-state index contributed by atoms with van der Waals surface area (Å²) in [7, 11) is -1.81. The lowest BCUT2D eigenvalue weighted by Gasteiger charge is -2.27. The molecule has 0 spiro atoms. The maximum atomic E-state index is 12.9. The van der Waals surface area contributed by atoms with Crippen molar-refractivity contribution < 1.29 is 18.0 Å². The number of ether oxygens (including phenoxy) is 1. The maximum Gasteiger partial charge on any atom is 0.219 e. The molecule has 0 aromatic heterocycles. The summed E-state index contributed by atoms with van der Waals surface area (Å²) >= 11 is 0. The van der Waals surface area contributed by atoms with E-state index in [0.29, 0.717) is 12.4 Å². The number of hydrogen-bond acceptors (Lipinski definition) is 5. The summed E-state index contributed by atoms with van der Waals surface area (Å²) in [6.07, 6.45) is 0. The molecular weight excluding hydrogens is 376 g/mol. The standard InChI is InChI=1S/C21H28N2O4S/c1-21(2,3)22-28(24,25)19-15-27-23(4)20(19)17-11-8-12-18(13-17)26-14-16-9-6-5-7-10-16/h5-13,19-20,22H,14-15H2,1-4H3/t19-,20-/m1/s1. The second kappa shape index (κ2) is 8.21. The Hall–Kier alpha value is -1.93. The highest BCUT2D eigenvalue weighted by Crippen LogP contribution is 2.35. The Bertz CT molecular complexity index is 894. The van der Waals surface area contributed by atoms with Crippen LogP contribution in [0.3, 0.4) is 0 Å². The van der Waals surface area contributed by atoms with Crippen molar-refractivity contribution in [1.82, 2.24) is 9.79 Å². The molecular formula is C21H28N2O4S. The van der Waals surface area contributed by atoms with Gasteiger partial charge in [0, 0.05) is 12.6 Å². The molecule has 28 heavy (non-hydrogen) atoms. The SMILES string of the molecule is CN1OC[C@@H](S(=O)(=O)NC(C)(C)C)[C@H]1c1cccc(OCc2ccccc2)c1. The van der Waals surface area contributed by atoms with Crippen LogP contribution in [0, 0.1) is 0 Å². The molecule has 0 radical (unpaired) electrons. The highest BCUT2D eigenvalue weighted by Gasteiger charge is 2.44. The Labute approximate surface area is 167 Å². The third-order valence-corrected chi connectivity index (χ3v) is 6.57. The van der Waals surface area contributed by atoms with E-state index in [-0.39, 0.29) is 6.61 Å². The molecule has 2 aromatic rings. The van der Waals surface area contributed by atoms with Gasteiger partial charge in [-0.25, -0.2) is 13.1 Å². The topological polar surface area (TPSA) is 67.9 Å². The van der Waals surface area contributed by atoms with Crippen molar-refractivity contribution >= 4 is 10.0 Å². The molecule has 0 saturated carbocycles. The number of nitrogens with zero attached hydrogens (tertiary/aromatic N) is 1. The van der Waals surface area contributed by atoms with Crippen molar-refractivity contribution in [3.8, 4) is 5.75 Å². The van der Waals surface area contributed by atoms with Gasteiger partial charge in [0.15, 0.2) is 0 Å². The zero-order valence-corrected chi connectivity index (χ0v) is 17.6. The molecule has 1 fully saturated rings. The van der Waals surface area contributed by atoms with Gasteiger partial charge < -0.3 is 4.74 Å². The van der Waals surface area contributed by atoms with E-state index in [9.17, 15) is 8.42 Å². The molecule has 0 amide bonds. The molecule has 1 aliphatic rings. The van der Waals surface area contributed by atoms with Crippen LogP contribution >= 0.6 is 0 Å². The normalized spacial score (nSPS) is 21.0. The third-order valence-electron chi connectivity index (χ3n) is 4.48. The first-order chi connectivity index (χ1) is 13.2. The van der Waals surface area contributed by atoms with Crippen LogP contribution in [-0.2, 0) is 21.5 Å². The van der Waals surface area contributed by atoms with Crippen LogP contribution in [0.5, 0.6) is 5.75 Å². The van der Waals surface area contributed by atoms with E-state index in [1.54, 1.807) is 12.1 Å². The van der Waals surface area contributed by atoms with Crippen molar-refractivity contribution in [2.45, 2.75) is 44.2 Å². The molecule has 6 nitrogen and oxygen atoms in total. The Morgan fingerprint density at radius 1 is 1.14 bits per heavy atom. The van der Waals surface area contributed by atoms with Crippen LogP contribution in [0.4, 0.5) is 0 Å². The maximum absolute atomic E-state index is 12.9. The second-order valence-corrected chi connectivity index (χ2v) is 9.97. The van der Waals surface area contributed by atoms with Gasteiger partial charge in [-0.1, -0.05) is 42.5 Å². The minimum atomic E-state index is -3.57. The zero-order valence-electron chi connectivity index (χ0n) is 16.8. The summed E-state index contributed by atoms with van der Waals surface area (Å²) in [6.45, 7) is 6.06. The lowest BCUT2D eigenvalue weighted by Crippen LogP contribution is -2.47.